The fourth-order valence-corrected chi connectivity index (χ4v) is 1.81. The molecule has 2 rings (SSSR count). The van der Waals surface area contributed by atoms with Gasteiger partial charge in [0.05, 0.1) is 5.56 Å². The van der Waals surface area contributed by atoms with Crippen LogP contribution in [0.25, 0.3) is 10.6 Å². The molecule has 84 valence electrons. The van der Waals surface area contributed by atoms with Gasteiger partial charge in [-0.1, -0.05) is 12.1 Å². The lowest BCUT2D eigenvalue weighted by molar-refractivity contribution is -0.0494. The molecule has 0 spiro atoms. The molecule has 0 aliphatic rings. The van der Waals surface area contributed by atoms with Crippen molar-refractivity contribution in [1.82, 2.24) is 9.36 Å². The average Bonchev–Trinajstić information content (AvgIpc) is 2.65. The summed E-state index contributed by atoms with van der Waals surface area (Å²) >= 11 is 1.03. The van der Waals surface area contributed by atoms with Crippen LogP contribution >= 0.6 is 11.5 Å². The van der Waals surface area contributed by atoms with E-state index in [9.17, 15) is 8.78 Å². The van der Waals surface area contributed by atoms with E-state index in [0.717, 1.165) is 11.5 Å². The van der Waals surface area contributed by atoms with Gasteiger partial charge in [0.15, 0.2) is 0 Å². The van der Waals surface area contributed by atoms with E-state index in [1.54, 1.807) is 18.2 Å². The van der Waals surface area contributed by atoms with Gasteiger partial charge in [0.1, 0.15) is 10.8 Å². The Morgan fingerprint density at radius 3 is 2.69 bits per heavy atom. The van der Waals surface area contributed by atoms with Gasteiger partial charge in [0.25, 0.3) is 0 Å². The van der Waals surface area contributed by atoms with Crippen molar-refractivity contribution in [2.45, 2.75) is 6.61 Å². The molecule has 0 saturated carbocycles. The highest BCUT2D eigenvalue weighted by Crippen LogP contribution is 2.32. The first-order valence-corrected chi connectivity index (χ1v) is 5.07. The number of nitrogens with two attached hydrogens (primary N) is 1. The Bertz CT molecular complexity index is 489. The standard InChI is InChI=1S/C9H7F2N3OS/c10-8(11)15-6-4-2-1-3-5(6)7-13-9(12)14-16-7/h1-4,8H,(H2,12,14). The molecule has 16 heavy (non-hydrogen) atoms. The highest BCUT2D eigenvalue weighted by Gasteiger charge is 2.13. The fraction of sp³-hybridized carbons (Fsp3) is 0.111. The van der Waals surface area contributed by atoms with Crippen molar-refractivity contribution in [3.05, 3.63) is 24.3 Å². The summed E-state index contributed by atoms with van der Waals surface area (Å²) in [5, 5.41) is 0.453. The molecule has 1 aromatic heterocycles. The van der Waals surface area contributed by atoms with Gasteiger partial charge in [-0.25, -0.2) is 0 Å². The highest BCUT2D eigenvalue weighted by atomic mass is 32.1. The maximum Gasteiger partial charge on any atom is 0.387 e. The summed E-state index contributed by atoms with van der Waals surface area (Å²) < 4.78 is 32.4. The van der Waals surface area contributed by atoms with Crippen molar-refractivity contribution in [2.75, 3.05) is 5.73 Å². The number of nitrogen functional groups attached to an aromatic ring is 1. The van der Waals surface area contributed by atoms with Gasteiger partial charge in [-0.15, -0.1) is 0 Å². The van der Waals surface area contributed by atoms with E-state index in [4.69, 9.17) is 5.73 Å². The Labute approximate surface area is 93.9 Å². The SMILES string of the molecule is Nc1nsc(-c2ccccc2OC(F)F)n1. The largest absolute Gasteiger partial charge is 0.434 e. The van der Waals surface area contributed by atoms with Crippen molar-refractivity contribution in [3.63, 3.8) is 0 Å². The number of aromatic nitrogens is 2. The van der Waals surface area contributed by atoms with Gasteiger partial charge in [-0.2, -0.15) is 18.1 Å². The Morgan fingerprint density at radius 2 is 2.06 bits per heavy atom. The van der Waals surface area contributed by atoms with Crippen LogP contribution in [0.3, 0.4) is 0 Å². The molecule has 0 aliphatic heterocycles. The molecule has 0 aliphatic carbocycles. The third-order valence-electron chi connectivity index (χ3n) is 1.78. The molecular formula is C9H7F2N3OS. The number of hydrogen-bond acceptors (Lipinski definition) is 5. The van der Waals surface area contributed by atoms with Crippen LogP contribution in [0.1, 0.15) is 0 Å². The Hall–Kier alpha value is -1.76. The van der Waals surface area contributed by atoms with Crippen molar-refractivity contribution in [2.24, 2.45) is 0 Å². The lowest BCUT2D eigenvalue weighted by Crippen LogP contribution is -2.02. The van der Waals surface area contributed by atoms with Gasteiger partial charge in [0.2, 0.25) is 5.95 Å². The number of alkyl halides is 2. The topological polar surface area (TPSA) is 61.0 Å². The molecule has 0 atom stereocenters. The highest BCUT2D eigenvalue weighted by molar-refractivity contribution is 7.09. The lowest BCUT2D eigenvalue weighted by atomic mass is 10.2. The molecule has 2 N–H and O–H groups in total. The van der Waals surface area contributed by atoms with Crippen molar-refractivity contribution in [1.29, 1.82) is 0 Å². The van der Waals surface area contributed by atoms with Crippen molar-refractivity contribution >= 4 is 17.5 Å². The molecule has 0 radical (unpaired) electrons. The zero-order chi connectivity index (χ0) is 11.5. The molecule has 0 amide bonds. The van der Waals surface area contributed by atoms with E-state index >= 15 is 0 Å². The van der Waals surface area contributed by atoms with Crippen LogP contribution < -0.4 is 10.5 Å². The monoisotopic (exact) mass is 243 g/mol. The first kappa shape index (κ1) is 10.7. The van der Waals surface area contributed by atoms with E-state index < -0.39 is 6.61 Å². The van der Waals surface area contributed by atoms with E-state index in [0.29, 0.717) is 10.6 Å². The minimum Gasteiger partial charge on any atom is -0.434 e. The third-order valence-corrected chi connectivity index (χ3v) is 2.54. The van der Waals surface area contributed by atoms with Crippen molar-refractivity contribution in [3.8, 4) is 16.3 Å². The predicted molar refractivity (Wildman–Crippen MR) is 56.4 cm³/mol. The summed E-state index contributed by atoms with van der Waals surface area (Å²) in [6, 6.07) is 6.37. The summed E-state index contributed by atoms with van der Waals surface area (Å²) in [7, 11) is 0. The molecule has 4 nitrogen and oxygen atoms in total. The molecule has 0 unspecified atom stereocenters. The molecule has 0 saturated heterocycles. The van der Waals surface area contributed by atoms with Gasteiger partial charge >= 0.3 is 6.61 Å². The van der Waals surface area contributed by atoms with Crippen LogP contribution in [-0.4, -0.2) is 16.0 Å². The second kappa shape index (κ2) is 4.40. The summed E-state index contributed by atoms with van der Waals surface area (Å²) in [6.07, 6.45) is 0. The zero-order valence-electron chi connectivity index (χ0n) is 7.93. The molecule has 2 aromatic rings. The minimum absolute atomic E-state index is 0.0636. The number of anilines is 1. The number of para-hydroxylation sites is 1. The number of nitrogens with zero attached hydrogens (tertiary/aromatic N) is 2. The van der Waals surface area contributed by atoms with Gasteiger partial charge in [-0.05, 0) is 23.7 Å². The zero-order valence-corrected chi connectivity index (χ0v) is 8.75. The van der Waals surface area contributed by atoms with Gasteiger partial charge in [0, 0.05) is 0 Å². The van der Waals surface area contributed by atoms with Crippen LogP contribution in [-0.2, 0) is 0 Å². The molecule has 0 fully saturated rings. The third kappa shape index (κ3) is 2.25. The van der Waals surface area contributed by atoms with Crippen molar-refractivity contribution < 1.29 is 13.5 Å². The van der Waals surface area contributed by atoms with Crippen LogP contribution in [0.15, 0.2) is 24.3 Å². The van der Waals surface area contributed by atoms with Gasteiger partial charge < -0.3 is 10.5 Å². The Balaban J connectivity index is 2.40. The second-order valence-electron chi connectivity index (χ2n) is 2.83. The molecule has 7 heteroatoms. The normalized spacial score (nSPS) is 10.7. The number of ether oxygens (including phenoxy) is 1. The molecular weight excluding hydrogens is 236 g/mol. The average molecular weight is 243 g/mol. The van der Waals surface area contributed by atoms with E-state index in [1.165, 1.54) is 6.07 Å². The van der Waals surface area contributed by atoms with E-state index in [2.05, 4.69) is 14.1 Å². The second-order valence-corrected chi connectivity index (χ2v) is 3.58. The minimum atomic E-state index is -2.87. The van der Waals surface area contributed by atoms with Crippen LogP contribution in [0.2, 0.25) is 0 Å². The van der Waals surface area contributed by atoms with Crippen LogP contribution in [0.5, 0.6) is 5.75 Å². The summed E-state index contributed by atoms with van der Waals surface area (Å²) in [6.45, 7) is -2.87. The number of benzene rings is 1. The van der Waals surface area contributed by atoms with E-state index in [1.807, 2.05) is 0 Å². The number of rotatable bonds is 3. The molecule has 0 bridgehead atoms. The predicted octanol–water partition coefficient (Wildman–Crippen LogP) is 2.39. The summed E-state index contributed by atoms with van der Waals surface area (Å²) in [4.78, 5) is 3.91. The Kier molecular flexibility index (Phi) is 2.95. The van der Waals surface area contributed by atoms with Crippen LogP contribution in [0, 0.1) is 0 Å². The first-order chi connectivity index (χ1) is 7.66. The Morgan fingerprint density at radius 1 is 1.31 bits per heavy atom. The number of halogens is 2. The maximum atomic E-state index is 12.1. The maximum absolute atomic E-state index is 12.1. The van der Waals surface area contributed by atoms with Gasteiger partial charge in [-0.3, -0.25) is 0 Å². The fourth-order valence-electron chi connectivity index (χ4n) is 1.19. The summed E-state index contributed by atoms with van der Waals surface area (Å²) in [5.41, 5.74) is 5.82. The first-order valence-electron chi connectivity index (χ1n) is 4.30. The molecule has 1 aromatic carbocycles. The van der Waals surface area contributed by atoms with Crippen LogP contribution in [0.4, 0.5) is 14.7 Å². The quantitative estimate of drug-likeness (QED) is 0.899. The number of hydrogen-bond donors (Lipinski definition) is 1. The van der Waals surface area contributed by atoms with E-state index in [-0.39, 0.29) is 11.7 Å². The summed E-state index contributed by atoms with van der Waals surface area (Å²) in [5.74, 6) is 0.181. The lowest BCUT2D eigenvalue weighted by Gasteiger charge is -2.07. The molecule has 1 heterocycles. The smallest absolute Gasteiger partial charge is 0.387 e.